The first-order valence-corrected chi connectivity index (χ1v) is 6.74. The molecule has 0 saturated carbocycles. The molecule has 1 aromatic carbocycles. The maximum atomic E-state index is 6.01. The van der Waals surface area contributed by atoms with E-state index in [2.05, 4.69) is 15.3 Å². The quantitative estimate of drug-likeness (QED) is 0.806. The van der Waals surface area contributed by atoms with Gasteiger partial charge in [0.2, 0.25) is 5.88 Å². The lowest BCUT2D eigenvalue weighted by Gasteiger charge is -2.14. The zero-order chi connectivity index (χ0) is 15.9. The number of methoxy groups -OCH3 is 3. The highest BCUT2D eigenvalue weighted by Crippen LogP contribution is 2.27. The van der Waals surface area contributed by atoms with Crippen molar-refractivity contribution < 1.29 is 14.2 Å². The van der Waals surface area contributed by atoms with Crippen LogP contribution in [-0.2, 0) is 17.9 Å². The summed E-state index contributed by atoms with van der Waals surface area (Å²) in [6, 6.07) is 7.73. The van der Waals surface area contributed by atoms with Gasteiger partial charge in [-0.3, -0.25) is 0 Å². The SMILES string of the molecule is COCc1nc(NCc2ccccc2OC)c(N)c(OC)n1. The number of hydrogen-bond acceptors (Lipinski definition) is 7. The number of nitrogens with one attached hydrogen (secondary N) is 1. The normalized spacial score (nSPS) is 10.3. The molecule has 0 saturated heterocycles. The molecular weight excluding hydrogens is 284 g/mol. The van der Waals surface area contributed by atoms with E-state index in [0.29, 0.717) is 29.8 Å². The number of aromatic nitrogens is 2. The summed E-state index contributed by atoms with van der Waals surface area (Å²) in [6.45, 7) is 0.792. The van der Waals surface area contributed by atoms with Crippen LogP contribution in [0.1, 0.15) is 11.4 Å². The van der Waals surface area contributed by atoms with Gasteiger partial charge in [-0.2, -0.15) is 4.98 Å². The number of nitrogen functional groups attached to an aromatic ring is 1. The van der Waals surface area contributed by atoms with Crippen LogP contribution in [-0.4, -0.2) is 31.3 Å². The van der Waals surface area contributed by atoms with Crippen molar-refractivity contribution in [2.75, 3.05) is 32.4 Å². The Hall–Kier alpha value is -2.54. The molecule has 7 nitrogen and oxygen atoms in total. The molecule has 0 radical (unpaired) electrons. The number of para-hydroxylation sites is 1. The molecule has 0 atom stereocenters. The van der Waals surface area contributed by atoms with Crippen molar-refractivity contribution in [3.8, 4) is 11.6 Å². The third kappa shape index (κ3) is 3.56. The van der Waals surface area contributed by atoms with Crippen molar-refractivity contribution >= 4 is 11.5 Å². The predicted octanol–water partition coefficient (Wildman–Crippen LogP) is 1.83. The van der Waals surface area contributed by atoms with Crippen LogP contribution >= 0.6 is 0 Å². The molecule has 2 aromatic rings. The first-order chi connectivity index (χ1) is 10.7. The van der Waals surface area contributed by atoms with Gasteiger partial charge in [0.25, 0.3) is 0 Å². The zero-order valence-corrected chi connectivity index (χ0v) is 12.9. The fourth-order valence-electron chi connectivity index (χ4n) is 2.00. The molecule has 3 N–H and O–H groups in total. The van der Waals surface area contributed by atoms with Crippen LogP contribution in [0.5, 0.6) is 11.6 Å². The summed E-state index contributed by atoms with van der Waals surface area (Å²) in [6.07, 6.45) is 0. The molecule has 22 heavy (non-hydrogen) atoms. The molecule has 0 aliphatic rings. The first kappa shape index (κ1) is 15.8. The van der Waals surface area contributed by atoms with Crippen LogP contribution in [0.4, 0.5) is 11.5 Å². The molecule has 1 aromatic heterocycles. The molecule has 1 heterocycles. The van der Waals surface area contributed by atoms with Gasteiger partial charge in [0.05, 0.1) is 14.2 Å². The van der Waals surface area contributed by atoms with Crippen molar-refractivity contribution in [2.24, 2.45) is 0 Å². The molecule has 0 unspecified atom stereocenters. The molecule has 0 aliphatic heterocycles. The molecule has 7 heteroatoms. The number of ether oxygens (including phenoxy) is 3. The topological polar surface area (TPSA) is 91.5 Å². The predicted molar refractivity (Wildman–Crippen MR) is 84.0 cm³/mol. The lowest BCUT2D eigenvalue weighted by Crippen LogP contribution is -2.10. The average molecular weight is 304 g/mol. The maximum Gasteiger partial charge on any atom is 0.242 e. The maximum absolute atomic E-state index is 6.01. The Balaban J connectivity index is 2.23. The minimum atomic E-state index is 0.278. The summed E-state index contributed by atoms with van der Waals surface area (Å²) in [5.41, 5.74) is 7.36. The Morgan fingerprint density at radius 3 is 2.55 bits per heavy atom. The Morgan fingerprint density at radius 2 is 1.86 bits per heavy atom. The van der Waals surface area contributed by atoms with Gasteiger partial charge in [-0.25, -0.2) is 4.98 Å². The zero-order valence-electron chi connectivity index (χ0n) is 12.9. The van der Waals surface area contributed by atoms with E-state index in [4.69, 9.17) is 19.9 Å². The van der Waals surface area contributed by atoms with Gasteiger partial charge in [0.1, 0.15) is 18.0 Å². The highest BCUT2D eigenvalue weighted by molar-refractivity contribution is 5.67. The summed E-state index contributed by atoms with van der Waals surface area (Å²) < 4.78 is 15.5. The van der Waals surface area contributed by atoms with Crippen molar-refractivity contribution in [2.45, 2.75) is 13.2 Å². The minimum Gasteiger partial charge on any atom is -0.496 e. The van der Waals surface area contributed by atoms with Gasteiger partial charge < -0.3 is 25.3 Å². The highest BCUT2D eigenvalue weighted by atomic mass is 16.5. The molecule has 0 bridgehead atoms. The Morgan fingerprint density at radius 1 is 1.09 bits per heavy atom. The molecule has 0 aliphatic carbocycles. The average Bonchev–Trinajstić information content (AvgIpc) is 2.55. The van der Waals surface area contributed by atoms with Crippen molar-refractivity contribution in [1.29, 1.82) is 0 Å². The standard InChI is InChI=1S/C15H20N4O3/c1-20-9-12-18-14(13(16)15(19-12)22-3)17-8-10-6-4-5-7-11(10)21-2/h4-7H,8-9,16H2,1-3H3,(H,17,18,19). The largest absolute Gasteiger partial charge is 0.496 e. The Bertz CT molecular complexity index is 634. The van der Waals surface area contributed by atoms with Crippen molar-refractivity contribution in [3.63, 3.8) is 0 Å². The third-order valence-electron chi connectivity index (χ3n) is 3.06. The van der Waals surface area contributed by atoms with E-state index in [9.17, 15) is 0 Å². The first-order valence-electron chi connectivity index (χ1n) is 6.74. The van der Waals surface area contributed by atoms with E-state index in [1.54, 1.807) is 14.2 Å². The number of hydrogen-bond donors (Lipinski definition) is 2. The van der Waals surface area contributed by atoms with Crippen LogP contribution in [0.15, 0.2) is 24.3 Å². The Kier molecular flexibility index (Phi) is 5.37. The van der Waals surface area contributed by atoms with Crippen molar-refractivity contribution in [1.82, 2.24) is 9.97 Å². The number of nitrogens with two attached hydrogens (primary N) is 1. The van der Waals surface area contributed by atoms with Gasteiger partial charge in [-0.15, -0.1) is 0 Å². The Labute approximate surface area is 129 Å². The third-order valence-corrected chi connectivity index (χ3v) is 3.06. The van der Waals surface area contributed by atoms with Crippen molar-refractivity contribution in [3.05, 3.63) is 35.7 Å². The monoisotopic (exact) mass is 304 g/mol. The summed E-state index contributed by atoms with van der Waals surface area (Å²) in [4.78, 5) is 8.53. The molecule has 0 amide bonds. The van der Waals surface area contributed by atoms with Crippen LogP contribution in [0.2, 0.25) is 0 Å². The molecular formula is C15H20N4O3. The minimum absolute atomic E-state index is 0.278. The molecule has 2 rings (SSSR count). The van der Waals surface area contributed by atoms with Gasteiger partial charge in [-0.1, -0.05) is 18.2 Å². The van der Waals surface area contributed by atoms with Crippen LogP contribution in [0.25, 0.3) is 0 Å². The lowest BCUT2D eigenvalue weighted by atomic mass is 10.2. The van der Waals surface area contributed by atoms with Crippen LogP contribution in [0, 0.1) is 0 Å². The van der Waals surface area contributed by atoms with E-state index in [0.717, 1.165) is 11.3 Å². The fraction of sp³-hybridized carbons (Fsp3) is 0.333. The van der Waals surface area contributed by atoms with Gasteiger partial charge >= 0.3 is 0 Å². The molecule has 118 valence electrons. The second-order valence-electron chi connectivity index (χ2n) is 4.51. The van der Waals surface area contributed by atoms with Gasteiger partial charge in [0, 0.05) is 19.2 Å². The van der Waals surface area contributed by atoms with Crippen LogP contribution < -0.4 is 20.5 Å². The fourth-order valence-corrected chi connectivity index (χ4v) is 2.00. The number of rotatable bonds is 7. The van der Waals surface area contributed by atoms with E-state index >= 15 is 0 Å². The number of benzene rings is 1. The van der Waals surface area contributed by atoms with E-state index in [-0.39, 0.29) is 6.61 Å². The lowest BCUT2D eigenvalue weighted by molar-refractivity contribution is 0.177. The molecule has 0 spiro atoms. The number of anilines is 2. The van der Waals surface area contributed by atoms with E-state index < -0.39 is 0 Å². The summed E-state index contributed by atoms with van der Waals surface area (Å²) >= 11 is 0. The summed E-state index contributed by atoms with van der Waals surface area (Å²) in [5, 5.41) is 3.19. The second kappa shape index (κ2) is 7.46. The van der Waals surface area contributed by atoms with E-state index in [1.165, 1.54) is 7.11 Å². The second-order valence-corrected chi connectivity index (χ2v) is 4.51. The summed E-state index contributed by atoms with van der Waals surface area (Å²) in [7, 11) is 4.73. The van der Waals surface area contributed by atoms with Crippen LogP contribution in [0.3, 0.4) is 0 Å². The smallest absolute Gasteiger partial charge is 0.242 e. The van der Waals surface area contributed by atoms with E-state index in [1.807, 2.05) is 24.3 Å². The number of nitrogens with zero attached hydrogens (tertiary/aromatic N) is 2. The molecule has 0 fully saturated rings. The highest BCUT2D eigenvalue weighted by Gasteiger charge is 2.13. The summed E-state index contributed by atoms with van der Waals surface area (Å²) in [5.74, 6) is 2.12. The van der Waals surface area contributed by atoms with Gasteiger partial charge in [0.15, 0.2) is 11.6 Å². The van der Waals surface area contributed by atoms with Gasteiger partial charge in [-0.05, 0) is 6.07 Å².